The Morgan fingerprint density at radius 1 is 1.31 bits per heavy atom. The zero-order valence-corrected chi connectivity index (χ0v) is 10.8. The molecule has 1 rings (SSSR count). The van der Waals surface area contributed by atoms with E-state index in [1.807, 2.05) is 43.0 Å². The van der Waals surface area contributed by atoms with Crippen LogP contribution in [-0.2, 0) is 0 Å². The lowest BCUT2D eigenvalue weighted by Crippen LogP contribution is -2.04. The Labute approximate surface area is 99.0 Å². The molecule has 0 amide bonds. The molecule has 0 aliphatic heterocycles. The van der Waals surface area contributed by atoms with Crippen molar-refractivity contribution in [2.75, 3.05) is 0 Å². The summed E-state index contributed by atoms with van der Waals surface area (Å²) in [5, 5.41) is 4.30. The van der Waals surface area contributed by atoms with Crippen LogP contribution in [0.4, 0.5) is 0 Å². The molecule has 1 aromatic heterocycles. The maximum absolute atomic E-state index is 4.30. The second kappa shape index (κ2) is 7.69. The van der Waals surface area contributed by atoms with E-state index in [9.17, 15) is 0 Å². The monoisotopic (exact) mass is 218 g/mol. The van der Waals surface area contributed by atoms with E-state index in [0.717, 1.165) is 11.3 Å². The van der Waals surface area contributed by atoms with Crippen molar-refractivity contribution in [3.63, 3.8) is 0 Å². The first-order chi connectivity index (χ1) is 7.70. The van der Waals surface area contributed by atoms with Gasteiger partial charge >= 0.3 is 0 Å². The van der Waals surface area contributed by atoms with Crippen LogP contribution in [0.5, 0.6) is 0 Å². The highest BCUT2D eigenvalue weighted by molar-refractivity contribution is 5.61. The highest BCUT2D eigenvalue weighted by Gasteiger charge is 2.07. The van der Waals surface area contributed by atoms with Gasteiger partial charge in [-0.3, -0.25) is 4.68 Å². The van der Waals surface area contributed by atoms with E-state index in [4.69, 9.17) is 0 Å². The summed E-state index contributed by atoms with van der Waals surface area (Å²) >= 11 is 0. The average Bonchev–Trinajstić information content (AvgIpc) is 2.71. The van der Waals surface area contributed by atoms with Crippen LogP contribution in [0.25, 0.3) is 12.2 Å². The lowest BCUT2D eigenvalue weighted by Gasteiger charge is -2.08. The summed E-state index contributed by atoms with van der Waals surface area (Å²) in [5.74, 6) is 0. The minimum Gasteiger partial charge on any atom is -0.262 e. The zero-order valence-electron chi connectivity index (χ0n) is 10.8. The number of aromatic nitrogens is 2. The fourth-order valence-electron chi connectivity index (χ4n) is 1.29. The summed E-state index contributed by atoms with van der Waals surface area (Å²) in [7, 11) is 0. The predicted octanol–water partition coefficient (Wildman–Crippen LogP) is 4.33. The summed E-state index contributed by atoms with van der Waals surface area (Å²) in [6.07, 6.45) is 9.30. The quantitative estimate of drug-likeness (QED) is 0.688. The van der Waals surface area contributed by atoms with Gasteiger partial charge in [-0.15, -0.1) is 0 Å². The van der Waals surface area contributed by atoms with Crippen LogP contribution < -0.4 is 0 Å². The van der Waals surface area contributed by atoms with Gasteiger partial charge in [0.05, 0.1) is 11.9 Å². The Morgan fingerprint density at radius 2 is 1.94 bits per heavy atom. The fraction of sp³-hybridized carbons (Fsp3) is 0.357. The lowest BCUT2D eigenvalue weighted by molar-refractivity contribution is 0.528. The van der Waals surface area contributed by atoms with E-state index in [1.54, 1.807) is 6.08 Å². The van der Waals surface area contributed by atoms with Gasteiger partial charge in [0.2, 0.25) is 0 Å². The minimum atomic E-state index is 0.355. The molecule has 0 N–H and O–H groups in total. The molecule has 0 aliphatic rings. The van der Waals surface area contributed by atoms with Crippen molar-refractivity contribution in [2.45, 2.75) is 33.7 Å². The van der Waals surface area contributed by atoms with E-state index in [1.165, 1.54) is 0 Å². The van der Waals surface area contributed by atoms with Crippen molar-refractivity contribution in [2.24, 2.45) is 0 Å². The van der Waals surface area contributed by atoms with Gasteiger partial charge in [-0.25, -0.2) is 0 Å². The summed E-state index contributed by atoms with van der Waals surface area (Å²) in [6, 6.07) is 0.355. The van der Waals surface area contributed by atoms with Crippen LogP contribution in [0.3, 0.4) is 0 Å². The van der Waals surface area contributed by atoms with Crippen LogP contribution >= 0.6 is 0 Å². The van der Waals surface area contributed by atoms with Crippen LogP contribution in [0.15, 0.2) is 31.5 Å². The number of hydrogen-bond donors (Lipinski definition) is 0. The molecule has 0 aliphatic carbocycles. The van der Waals surface area contributed by atoms with Crippen molar-refractivity contribution in [3.8, 4) is 0 Å². The summed E-state index contributed by atoms with van der Waals surface area (Å²) in [4.78, 5) is 0. The number of nitrogens with zero attached hydrogens (tertiary/aromatic N) is 2. The molecule has 88 valence electrons. The van der Waals surface area contributed by atoms with E-state index in [-0.39, 0.29) is 0 Å². The highest BCUT2D eigenvalue weighted by atomic mass is 15.3. The largest absolute Gasteiger partial charge is 0.262 e. The molecule has 0 atom stereocenters. The molecule has 0 spiro atoms. The standard InChI is InChI=1S/C12H16N2.C2H6/c1-5-7-8-12-11(6-2)9-13-14(12)10(3)4;1-2/h5-10H,1-2H2,3-4H3;1-2H3/b8-7-;. The zero-order chi connectivity index (χ0) is 12.6. The Hall–Kier alpha value is -1.57. The Bertz CT molecular complexity index is 357. The maximum atomic E-state index is 4.30. The Balaban J connectivity index is 0.00000106. The smallest absolute Gasteiger partial charge is 0.0685 e. The number of allylic oxidation sites excluding steroid dienone is 2. The van der Waals surface area contributed by atoms with Gasteiger partial charge in [0, 0.05) is 11.6 Å². The maximum Gasteiger partial charge on any atom is 0.0685 e. The van der Waals surface area contributed by atoms with E-state index < -0.39 is 0 Å². The Kier molecular flexibility index (Phi) is 6.93. The van der Waals surface area contributed by atoms with Crippen molar-refractivity contribution >= 4 is 12.2 Å². The first-order valence-corrected chi connectivity index (χ1v) is 5.69. The first kappa shape index (κ1) is 14.4. The van der Waals surface area contributed by atoms with Crippen molar-refractivity contribution in [1.82, 2.24) is 9.78 Å². The van der Waals surface area contributed by atoms with Crippen LogP contribution in [0.1, 0.15) is 45.0 Å². The SMILES string of the molecule is C=C/C=C\c1c(C=C)cnn1C(C)C.CC. The van der Waals surface area contributed by atoms with Crippen LogP contribution in [-0.4, -0.2) is 9.78 Å². The molecule has 2 nitrogen and oxygen atoms in total. The van der Waals surface area contributed by atoms with Crippen molar-refractivity contribution in [1.29, 1.82) is 0 Å². The normalized spacial score (nSPS) is 10.1. The summed E-state index contributed by atoms with van der Waals surface area (Å²) < 4.78 is 1.97. The molecule has 0 saturated carbocycles. The van der Waals surface area contributed by atoms with Crippen molar-refractivity contribution in [3.05, 3.63) is 42.8 Å². The third-order valence-electron chi connectivity index (χ3n) is 1.96. The van der Waals surface area contributed by atoms with Gasteiger partial charge < -0.3 is 0 Å². The number of rotatable bonds is 4. The molecule has 0 fully saturated rings. The van der Waals surface area contributed by atoms with Crippen molar-refractivity contribution < 1.29 is 0 Å². The molecule has 2 heteroatoms. The fourth-order valence-corrected chi connectivity index (χ4v) is 1.29. The molecule has 16 heavy (non-hydrogen) atoms. The highest BCUT2D eigenvalue weighted by Crippen LogP contribution is 2.16. The summed E-state index contributed by atoms with van der Waals surface area (Å²) in [6.45, 7) is 15.6. The predicted molar refractivity (Wildman–Crippen MR) is 73.3 cm³/mol. The molecule has 0 aromatic carbocycles. The van der Waals surface area contributed by atoms with E-state index in [0.29, 0.717) is 6.04 Å². The average molecular weight is 218 g/mol. The molecule has 0 unspecified atom stereocenters. The molecule has 0 saturated heterocycles. The molecule has 1 aromatic rings. The van der Waals surface area contributed by atoms with Gasteiger partial charge in [0.25, 0.3) is 0 Å². The topological polar surface area (TPSA) is 17.8 Å². The van der Waals surface area contributed by atoms with E-state index >= 15 is 0 Å². The molecule has 0 radical (unpaired) electrons. The second-order valence-electron chi connectivity index (χ2n) is 3.32. The van der Waals surface area contributed by atoms with Gasteiger partial charge in [0.15, 0.2) is 0 Å². The first-order valence-electron chi connectivity index (χ1n) is 5.69. The summed E-state index contributed by atoms with van der Waals surface area (Å²) in [5.41, 5.74) is 2.13. The van der Waals surface area contributed by atoms with E-state index in [2.05, 4.69) is 32.1 Å². The van der Waals surface area contributed by atoms with Gasteiger partial charge in [-0.05, 0) is 19.9 Å². The van der Waals surface area contributed by atoms with Crippen LogP contribution in [0.2, 0.25) is 0 Å². The molecular formula is C14H22N2. The minimum absolute atomic E-state index is 0.355. The lowest BCUT2D eigenvalue weighted by atomic mass is 10.2. The Morgan fingerprint density at radius 3 is 2.38 bits per heavy atom. The van der Waals surface area contributed by atoms with Crippen LogP contribution in [0, 0.1) is 0 Å². The van der Waals surface area contributed by atoms with Gasteiger partial charge in [0.1, 0.15) is 0 Å². The second-order valence-corrected chi connectivity index (χ2v) is 3.32. The third kappa shape index (κ3) is 3.54. The molecule has 1 heterocycles. The third-order valence-corrected chi connectivity index (χ3v) is 1.96. The molecule has 0 bridgehead atoms. The van der Waals surface area contributed by atoms with Gasteiger partial charge in [-0.1, -0.05) is 45.2 Å². The molecular weight excluding hydrogens is 196 g/mol. The number of hydrogen-bond acceptors (Lipinski definition) is 1. The van der Waals surface area contributed by atoms with Gasteiger partial charge in [-0.2, -0.15) is 5.10 Å².